The monoisotopic (exact) mass is 400 g/mol. The van der Waals surface area contributed by atoms with Crippen LogP contribution in [0.4, 0.5) is 8.78 Å². The molecule has 29 heavy (non-hydrogen) atoms. The van der Waals surface area contributed by atoms with E-state index in [1.807, 2.05) is 0 Å². The van der Waals surface area contributed by atoms with Crippen LogP contribution < -0.4 is 5.32 Å². The van der Waals surface area contributed by atoms with Gasteiger partial charge in [0.05, 0.1) is 6.04 Å². The number of halogens is 2. The summed E-state index contributed by atoms with van der Waals surface area (Å²) in [4.78, 5) is 16.7. The van der Waals surface area contributed by atoms with Gasteiger partial charge in [0.25, 0.3) is 0 Å². The highest BCUT2D eigenvalue weighted by Crippen LogP contribution is 2.25. The number of benzene rings is 2. The average molecular weight is 400 g/mol. The minimum atomic E-state index is -0.319. The van der Waals surface area contributed by atoms with Gasteiger partial charge in [-0.2, -0.15) is 4.98 Å². The van der Waals surface area contributed by atoms with Gasteiger partial charge in [-0.05, 0) is 68.5 Å². The number of hydrogen-bond donors (Lipinski definition) is 1. The molecule has 0 bridgehead atoms. The van der Waals surface area contributed by atoms with Crippen LogP contribution in [-0.4, -0.2) is 48.0 Å². The fourth-order valence-corrected chi connectivity index (χ4v) is 2.94. The molecule has 1 aliphatic heterocycles. The molecule has 2 heterocycles. The van der Waals surface area contributed by atoms with Gasteiger partial charge in [-0.3, -0.25) is 9.69 Å². The van der Waals surface area contributed by atoms with E-state index in [2.05, 4.69) is 27.4 Å². The summed E-state index contributed by atoms with van der Waals surface area (Å²) in [5.41, 5.74) is 1.26. The molecule has 0 spiro atoms. The molecule has 1 aromatic heterocycles. The predicted octanol–water partition coefficient (Wildman–Crippen LogP) is 3.48. The van der Waals surface area contributed by atoms with Crippen molar-refractivity contribution in [3.8, 4) is 11.4 Å². The van der Waals surface area contributed by atoms with Crippen molar-refractivity contribution in [2.24, 2.45) is 0 Å². The lowest BCUT2D eigenvalue weighted by molar-refractivity contribution is 0.112. The molecule has 0 aliphatic carbocycles. The SMILES string of the molecule is CN1CCNCCC1c1nc(-c2ccc(F)cc2)no1.O=Cc1ccc(F)cc1. The Kier molecular flexibility index (Phi) is 7.15. The number of aromatic nitrogens is 2. The van der Waals surface area contributed by atoms with Gasteiger partial charge in [-0.15, -0.1) is 0 Å². The van der Waals surface area contributed by atoms with Crippen LogP contribution in [0.5, 0.6) is 0 Å². The van der Waals surface area contributed by atoms with Crippen molar-refractivity contribution in [1.29, 1.82) is 0 Å². The molecule has 0 saturated carbocycles. The topological polar surface area (TPSA) is 71.3 Å². The van der Waals surface area contributed by atoms with E-state index in [-0.39, 0.29) is 17.7 Å². The minimum absolute atomic E-state index is 0.131. The molecule has 1 fully saturated rings. The van der Waals surface area contributed by atoms with Gasteiger partial charge in [0.15, 0.2) is 0 Å². The molecule has 1 unspecified atom stereocenters. The van der Waals surface area contributed by atoms with E-state index in [1.54, 1.807) is 12.1 Å². The molecule has 0 radical (unpaired) electrons. The lowest BCUT2D eigenvalue weighted by Gasteiger charge is -2.21. The maximum atomic E-state index is 12.9. The standard InChI is InChI=1S/C14H17FN4O.C7H5FO/c1-19-9-8-16-7-6-12(19)14-17-13(18-20-14)10-2-4-11(15)5-3-10;8-7-3-1-6(5-9)2-4-7/h2-5,12,16H,6-9H2,1H3;1-5H. The van der Waals surface area contributed by atoms with Crippen molar-refractivity contribution in [2.75, 3.05) is 26.7 Å². The Hall–Kier alpha value is -2.97. The predicted molar refractivity (Wildman–Crippen MR) is 104 cm³/mol. The van der Waals surface area contributed by atoms with Crippen LogP contribution in [0.2, 0.25) is 0 Å². The normalized spacial score (nSPS) is 17.1. The van der Waals surface area contributed by atoms with E-state index in [9.17, 15) is 13.6 Å². The van der Waals surface area contributed by atoms with E-state index in [1.165, 1.54) is 36.4 Å². The zero-order chi connectivity index (χ0) is 20.6. The average Bonchev–Trinajstić information content (AvgIpc) is 3.12. The van der Waals surface area contributed by atoms with Gasteiger partial charge in [-0.1, -0.05) is 5.16 Å². The fourth-order valence-electron chi connectivity index (χ4n) is 2.94. The third-order valence-corrected chi connectivity index (χ3v) is 4.60. The maximum absolute atomic E-state index is 12.9. The molecule has 1 aliphatic rings. The number of aldehydes is 1. The smallest absolute Gasteiger partial charge is 0.244 e. The van der Waals surface area contributed by atoms with Crippen LogP contribution in [0, 0.1) is 11.6 Å². The Bertz CT molecular complexity index is 913. The number of nitrogens with zero attached hydrogens (tertiary/aromatic N) is 3. The van der Waals surface area contributed by atoms with Crippen molar-refractivity contribution in [2.45, 2.75) is 12.5 Å². The van der Waals surface area contributed by atoms with E-state index >= 15 is 0 Å². The first kappa shape index (κ1) is 20.8. The molecule has 2 aromatic carbocycles. The molecular formula is C21H22F2N4O2. The number of rotatable bonds is 3. The van der Waals surface area contributed by atoms with E-state index in [0.717, 1.165) is 31.6 Å². The fraction of sp³-hybridized carbons (Fsp3) is 0.286. The molecule has 0 amide bonds. The van der Waals surface area contributed by atoms with Crippen molar-refractivity contribution >= 4 is 6.29 Å². The van der Waals surface area contributed by atoms with Crippen LogP contribution in [0.1, 0.15) is 28.7 Å². The van der Waals surface area contributed by atoms with Crippen LogP contribution in [-0.2, 0) is 0 Å². The first-order valence-electron chi connectivity index (χ1n) is 9.28. The molecule has 1 atom stereocenters. The van der Waals surface area contributed by atoms with Crippen molar-refractivity contribution in [1.82, 2.24) is 20.4 Å². The molecule has 4 rings (SSSR count). The summed E-state index contributed by atoms with van der Waals surface area (Å²) >= 11 is 0. The van der Waals surface area contributed by atoms with Gasteiger partial charge in [0, 0.05) is 24.2 Å². The van der Waals surface area contributed by atoms with Gasteiger partial charge in [0.1, 0.15) is 17.9 Å². The minimum Gasteiger partial charge on any atom is -0.337 e. The maximum Gasteiger partial charge on any atom is 0.244 e. The first-order valence-corrected chi connectivity index (χ1v) is 9.28. The van der Waals surface area contributed by atoms with Gasteiger partial charge < -0.3 is 9.84 Å². The van der Waals surface area contributed by atoms with Crippen LogP contribution >= 0.6 is 0 Å². The van der Waals surface area contributed by atoms with Crippen LogP contribution in [0.25, 0.3) is 11.4 Å². The Balaban J connectivity index is 0.000000224. The lowest BCUT2D eigenvalue weighted by Crippen LogP contribution is -2.26. The number of carbonyl (C=O) groups is 1. The van der Waals surface area contributed by atoms with Gasteiger partial charge in [-0.25, -0.2) is 8.78 Å². The Morgan fingerprint density at radius 3 is 2.38 bits per heavy atom. The second kappa shape index (κ2) is 9.99. The highest BCUT2D eigenvalue weighted by molar-refractivity contribution is 5.74. The Morgan fingerprint density at radius 1 is 1.07 bits per heavy atom. The summed E-state index contributed by atoms with van der Waals surface area (Å²) in [6.45, 7) is 2.84. The third-order valence-electron chi connectivity index (χ3n) is 4.60. The highest BCUT2D eigenvalue weighted by atomic mass is 19.1. The zero-order valence-electron chi connectivity index (χ0n) is 16.0. The Labute approximate surface area is 167 Å². The number of carbonyl (C=O) groups excluding carboxylic acids is 1. The Morgan fingerprint density at radius 2 is 1.72 bits per heavy atom. The lowest BCUT2D eigenvalue weighted by atomic mass is 10.2. The quantitative estimate of drug-likeness (QED) is 0.679. The molecule has 8 heteroatoms. The van der Waals surface area contributed by atoms with Gasteiger partial charge in [0.2, 0.25) is 11.7 Å². The summed E-state index contributed by atoms with van der Waals surface area (Å²) in [6, 6.07) is 11.6. The summed E-state index contributed by atoms with van der Waals surface area (Å²) in [5.74, 6) is 0.536. The summed E-state index contributed by atoms with van der Waals surface area (Å²) in [5, 5.41) is 7.35. The largest absolute Gasteiger partial charge is 0.337 e. The highest BCUT2D eigenvalue weighted by Gasteiger charge is 2.25. The first-order chi connectivity index (χ1) is 14.1. The summed E-state index contributed by atoms with van der Waals surface area (Å²) < 4.78 is 30.4. The van der Waals surface area contributed by atoms with Crippen molar-refractivity contribution < 1.29 is 18.1 Å². The molecule has 6 nitrogen and oxygen atoms in total. The second-order valence-electron chi connectivity index (χ2n) is 6.67. The number of hydrogen-bond acceptors (Lipinski definition) is 6. The zero-order valence-corrected chi connectivity index (χ0v) is 16.0. The van der Waals surface area contributed by atoms with Crippen LogP contribution in [0.15, 0.2) is 53.1 Å². The van der Waals surface area contributed by atoms with Crippen LogP contribution in [0.3, 0.4) is 0 Å². The summed E-state index contributed by atoms with van der Waals surface area (Å²) in [7, 11) is 2.05. The van der Waals surface area contributed by atoms with Crippen molar-refractivity contribution in [3.05, 3.63) is 71.6 Å². The number of nitrogens with one attached hydrogen (secondary N) is 1. The third kappa shape index (κ3) is 5.75. The summed E-state index contributed by atoms with van der Waals surface area (Å²) in [6.07, 6.45) is 1.61. The second-order valence-corrected chi connectivity index (χ2v) is 6.67. The van der Waals surface area contributed by atoms with E-state index in [0.29, 0.717) is 23.6 Å². The molecule has 152 valence electrons. The van der Waals surface area contributed by atoms with Crippen molar-refractivity contribution in [3.63, 3.8) is 0 Å². The molecule has 3 aromatic rings. The van der Waals surface area contributed by atoms with Gasteiger partial charge >= 0.3 is 0 Å². The molecule has 1 N–H and O–H groups in total. The van der Waals surface area contributed by atoms with E-state index < -0.39 is 0 Å². The van der Waals surface area contributed by atoms with E-state index in [4.69, 9.17) is 4.52 Å². The molecular weight excluding hydrogens is 378 g/mol. The molecule has 1 saturated heterocycles. The number of likely N-dealkylation sites (N-methyl/N-ethyl adjacent to an activating group) is 1.